The first-order valence-electron chi connectivity index (χ1n) is 7.37. The zero-order valence-electron chi connectivity index (χ0n) is 12.5. The molecule has 4 nitrogen and oxygen atoms in total. The minimum atomic E-state index is -3.46. The average molecular weight is 310 g/mol. The topological polar surface area (TPSA) is 60.4 Å². The molecule has 2 rings (SSSR count). The molecule has 1 saturated carbocycles. The number of carbonyl (C=O) groups excluding carboxylic acids is 1. The van der Waals surface area contributed by atoms with Gasteiger partial charge in [-0.3, -0.25) is 4.79 Å². The maximum atomic E-state index is 13.0. The number of ether oxygens (including phenoxy) is 1. The number of hydrogen-bond donors (Lipinski definition) is 0. The van der Waals surface area contributed by atoms with Gasteiger partial charge in [0, 0.05) is 6.42 Å². The molecular weight excluding hydrogens is 288 g/mol. The third kappa shape index (κ3) is 2.98. The fourth-order valence-corrected chi connectivity index (χ4v) is 5.28. The summed E-state index contributed by atoms with van der Waals surface area (Å²) in [5.41, 5.74) is 0. The van der Waals surface area contributed by atoms with Crippen LogP contribution >= 0.6 is 0 Å². The molecule has 116 valence electrons. The monoisotopic (exact) mass is 310 g/mol. The molecule has 1 aliphatic rings. The summed E-state index contributed by atoms with van der Waals surface area (Å²) in [5.74, 6) is -0.486. The fourth-order valence-electron chi connectivity index (χ4n) is 3.17. The highest BCUT2D eigenvalue weighted by Crippen LogP contribution is 2.46. The van der Waals surface area contributed by atoms with E-state index in [2.05, 4.69) is 0 Å². The van der Waals surface area contributed by atoms with E-state index in [0.717, 1.165) is 12.8 Å². The van der Waals surface area contributed by atoms with E-state index in [9.17, 15) is 13.2 Å². The van der Waals surface area contributed by atoms with Crippen molar-refractivity contribution in [3.63, 3.8) is 0 Å². The molecule has 1 aromatic carbocycles. The van der Waals surface area contributed by atoms with Gasteiger partial charge >= 0.3 is 5.97 Å². The first-order chi connectivity index (χ1) is 9.91. The Morgan fingerprint density at radius 3 is 2.62 bits per heavy atom. The molecule has 1 aliphatic carbocycles. The van der Waals surface area contributed by atoms with E-state index in [0.29, 0.717) is 17.9 Å². The van der Waals surface area contributed by atoms with Crippen LogP contribution in [0, 0.1) is 5.92 Å². The van der Waals surface area contributed by atoms with E-state index in [1.54, 1.807) is 44.2 Å². The quantitative estimate of drug-likeness (QED) is 0.784. The Hall–Kier alpha value is -1.36. The smallest absolute Gasteiger partial charge is 0.306 e. The molecule has 0 heterocycles. The van der Waals surface area contributed by atoms with Gasteiger partial charge in [-0.1, -0.05) is 24.6 Å². The Morgan fingerprint density at radius 1 is 1.33 bits per heavy atom. The van der Waals surface area contributed by atoms with Gasteiger partial charge < -0.3 is 4.74 Å². The van der Waals surface area contributed by atoms with Crippen LogP contribution in [0.2, 0.25) is 0 Å². The molecule has 0 saturated heterocycles. The van der Waals surface area contributed by atoms with Crippen molar-refractivity contribution in [3.8, 4) is 0 Å². The van der Waals surface area contributed by atoms with Crippen molar-refractivity contribution in [2.75, 3.05) is 6.61 Å². The van der Waals surface area contributed by atoms with Crippen LogP contribution in [0.15, 0.2) is 35.2 Å². The van der Waals surface area contributed by atoms with Crippen molar-refractivity contribution < 1.29 is 17.9 Å². The summed E-state index contributed by atoms with van der Waals surface area (Å²) in [7, 11) is -3.46. The molecule has 0 bridgehead atoms. The molecule has 1 fully saturated rings. The lowest BCUT2D eigenvalue weighted by Crippen LogP contribution is -2.40. The molecular formula is C16H22O4S. The predicted octanol–water partition coefficient (Wildman–Crippen LogP) is 2.97. The molecule has 0 radical (unpaired) electrons. The van der Waals surface area contributed by atoms with Crippen LogP contribution in [0.25, 0.3) is 0 Å². The Bertz CT molecular complexity index is 594. The second kappa shape index (κ2) is 6.18. The van der Waals surface area contributed by atoms with Gasteiger partial charge in [0.2, 0.25) is 0 Å². The van der Waals surface area contributed by atoms with Crippen LogP contribution in [0.3, 0.4) is 0 Å². The van der Waals surface area contributed by atoms with E-state index in [-0.39, 0.29) is 18.3 Å². The molecule has 0 spiro atoms. The molecule has 0 N–H and O–H groups in total. The minimum absolute atomic E-state index is 0.177. The van der Waals surface area contributed by atoms with E-state index in [1.165, 1.54) is 0 Å². The maximum Gasteiger partial charge on any atom is 0.306 e. The van der Waals surface area contributed by atoms with Crippen molar-refractivity contribution in [1.29, 1.82) is 0 Å². The first-order valence-corrected chi connectivity index (χ1v) is 8.85. The zero-order valence-corrected chi connectivity index (χ0v) is 13.4. The molecule has 21 heavy (non-hydrogen) atoms. The lowest BCUT2D eigenvalue weighted by atomic mass is 9.94. The molecule has 0 aromatic heterocycles. The van der Waals surface area contributed by atoms with E-state index in [4.69, 9.17) is 4.74 Å². The van der Waals surface area contributed by atoms with Gasteiger partial charge in [-0.25, -0.2) is 8.42 Å². The Kier molecular flexibility index (Phi) is 4.71. The van der Waals surface area contributed by atoms with Gasteiger partial charge in [0.25, 0.3) is 0 Å². The number of benzene rings is 1. The van der Waals surface area contributed by atoms with Crippen molar-refractivity contribution in [3.05, 3.63) is 30.3 Å². The van der Waals surface area contributed by atoms with Crippen molar-refractivity contribution >= 4 is 15.8 Å². The first kappa shape index (κ1) is 16.0. The Labute approximate surface area is 126 Å². The summed E-state index contributed by atoms with van der Waals surface area (Å²) in [6, 6.07) is 8.50. The average Bonchev–Trinajstić information content (AvgIpc) is 2.83. The number of esters is 1. The van der Waals surface area contributed by atoms with Crippen molar-refractivity contribution in [1.82, 2.24) is 0 Å². The number of carbonyl (C=O) groups is 1. The molecule has 0 unspecified atom stereocenters. The molecule has 0 amide bonds. The molecule has 2 atom stereocenters. The van der Waals surface area contributed by atoms with Gasteiger partial charge in [0.05, 0.1) is 16.2 Å². The van der Waals surface area contributed by atoms with E-state index < -0.39 is 14.6 Å². The van der Waals surface area contributed by atoms with Crippen LogP contribution in [-0.2, 0) is 19.4 Å². The third-order valence-corrected chi connectivity index (χ3v) is 7.13. The van der Waals surface area contributed by atoms with Gasteiger partial charge in [0.1, 0.15) is 0 Å². The van der Waals surface area contributed by atoms with Crippen molar-refractivity contribution in [2.45, 2.75) is 49.2 Å². The van der Waals surface area contributed by atoms with Gasteiger partial charge in [-0.15, -0.1) is 0 Å². The fraction of sp³-hybridized carbons (Fsp3) is 0.562. The summed E-state index contributed by atoms with van der Waals surface area (Å²) in [4.78, 5) is 12.1. The SMILES string of the molecule is CCOC(=O)C[C@@H]1CCC[C@@]1(C)S(=O)(=O)c1ccccc1. The maximum absolute atomic E-state index is 13.0. The van der Waals surface area contributed by atoms with Crippen LogP contribution < -0.4 is 0 Å². The van der Waals surface area contributed by atoms with Crippen LogP contribution in [0.1, 0.15) is 39.5 Å². The number of hydrogen-bond acceptors (Lipinski definition) is 4. The second-order valence-corrected chi connectivity index (χ2v) is 8.14. The standard InChI is InChI=1S/C16H22O4S/c1-3-20-15(17)12-13-8-7-11-16(13,2)21(18,19)14-9-5-4-6-10-14/h4-6,9-10,13H,3,7-8,11-12H2,1-2H3/t13-,16+/m0/s1. The summed E-state index contributed by atoms with van der Waals surface area (Å²) >= 11 is 0. The lowest BCUT2D eigenvalue weighted by Gasteiger charge is -2.30. The molecule has 5 heteroatoms. The van der Waals surface area contributed by atoms with Crippen LogP contribution in [0.5, 0.6) is 0 Å². The van der Waals surface area contributed by atoms with Gasteiger partial charge in [-0.05, 0) is 44.7 Å². The van der Waals surface area contributed by atoms with Crippen LogP contribution in [-0.4, -0.2) is 25.7 Å². The lowest BCUT2D eigenvalue weighted by molar-refractivity contribution is -0.144. The Morgan fingerprint density at radius 2 is 2.00 bits per heavy atom. The molecule has 0 aliphatic heterocycles. The summed E-state index contributed by atoms with van der Waals surface area (Å²) in [6.45, 7) is 3.85. The van der Waals surface area contributed by atoms with Crippen LogP contribution in [0.4, 0.5) is 0 Å². The van der Waals surface area contributed by atoms with Gasteiger partial charge in [0.15, 0.2) is 9.84 Å². The van der Waals surface area contributed by atoms with E-state index >= 15 is 0 Å². The predicted molar refractivity (Wildman–Crippen MR) is 80.6 cm³/mol. The highest BCUT2D eigenvalue weighted by Gasteiger charge is 2.50. The second-order valence-electron chi connectivity index (χ2n) is 5.73. The van der Waals surface area contributed by atoms with Gasteiger partial charge in [-0.2, -0.15) is 0 Å². The summed E-state index contributed by atoms with van der Waals surface area (Å²) < 4.78 is 30.0. The summed E-state index contributed by atoms with van der Waals surface area (Å²) in [6.07, 6.45) is 2.35. The number of sulfone groups is 1. The normalized spacial score (nSPS) is 25.7. The zero-order chi connectivity index (χ0) is 15.5. The third-order valence-electron chi connectivity index (χ3n) is 4.48. The van der Waals surface area contributed by atoms with E-state index in [1.807, 2.05) is 0 Å². The molecule has 1 aromatic rings. The van der Waals surface area contributed by atoms with Crippen molar-refractivity contribution in [2.24, 2.45) is 5.92 Å². The largest absolute Gasteiger partial charge is 0.466 e. The minimum Gasteiger partial charge on any atom is -0.466 e. The number of rotatable bonds is 5. The highest BCUT2D eigenvalue weighted by molar-refractivity contribution is 7.92. The highest BCUT2D eigenvalue weighted by atomic mass is 32.2. The Balaban J connectivity index is 2.29. The summed E-state index contributed by atoms with van der Waals surface area (Å²) in [5, 5.41) is 0.